The highest BCUT2D eigenvalue weighted by Gasteiger charge is 2.54. The summed E-state index contributed by atoms with van der Waals surface area (Å²) < 4.78 is 16.2. The van der Waals surface area contributed by atoms with Crippen LogP contribution in [0.25, 0.3) is 10.9 Å². The van der Waals surface area contributed by atoms with Crippen molar-refractivity contribution in [2.45, 2.75) is 17.5 Å². The van der Waals surface area contributed by atoms with Crippen LogP contribution in [0.2, 0.25) is 0 Å². The van der Waals surface area contributed by atoms with E-state index in [9.17, 15) is 19.2 Å². The van der Waals surface area contributed by atoms with Gasteiger partial charge in [0.15, 0.2) is 0 Å². The highest BCUT2D eigenvalue weighted by molar-refractivity contribution is 7.99. The van der Waals surface area contributed by atoms with Crippen molar-refractivity contribution in [3.05, 3.63) is 32.7 Å². The Kier molecular flexibility index (Phi) is 2.72. The van der Waals surface area contributed by atoms with E-state index in [1.54, 1.807) is 0 Å². The van der Waals surface area contributed by atoms with Crippen LogP contribution in [0.3, 0.4) is 0 Å². The first-order valence-corrected chi connectivity index (χ1v) is 8.82. The third-order valence-corrected chi connectivity index (χ3v) is 6.49. The van der Waals surface area contributed by atoms with Crippen LogP contribution in [-0.2, 0) is 6.54 Å². The van der Waals surface area contributed by atoms with Gasteiger partial charge in [-0.25, -0.2) is 9.18 Å². The molecular formula is C15H15FN4O3S. The van der Waals surface area contributed by atoms with Crippen molar-refractivity contribution >= 4 is 28.4 Å². The van der Waals surface area contributed by atoms with E-state index in [1.165, 1.54) is 16.3 Å². The Morgan fingerprint density at radius 2 is 2.00 bits per heavy atom. The quantitative estimate of drug-likeness (QED) is 0.706. The lowest BCUT2D eigenvalue weighted by Crippen LogP contribution is -2.40. The molecule has 0 amide bonds. The molecular weight excluding hydrogens is 335 g/mol. The van der Waals surface area contributed by atoms with Crippen LogP contribution in [0.4, 0.5) is 10.1 Å². The molecule has 2 fully saturated rings. The number of aromatic nitrogens is 2. The average molecular weight is 350 g/mol. The number of hydrogen-bond donors (Lipinski definition) is 2. The van der Waals surface area contributed by atoms with Crippen LogP contribution < -0.4 is 21.9 Å². The molecule has 3 aliphatic rings. The van der Waals surface area contributed by atoms with Crippen molar-refractivity contribution in [1.29, 1.82) is 0 Å². The third kappa shape index (κ3) is 1.66. The molecule has 126 valence electrons. The summed E-state index contributed by atoms with van der Waals surface area (Å²) in [6, 6.07) is 1.34. The molecule has 3 heterocycles. The first kappa shape index (κ1) is 14.4. The van der Waals surface area contributed by atoms with Gasteiger partial charge in [-0.15, -0.1) is 11.8 Å². The van der Waals surface area contributed by atoms with Gasteiger partial charge in [0, 0.05) is 31.4 Å². The first-order chi connectivity index (χ1) is 11.5. The van der Waals surface area contributed by atoms with Crippen LogP contribution in [0.5, 0.6) is 0 Å². The van der Waals surface area contributed by atoms with Crippen molar-refractivity contribution in [3.8, 4) is 0 Å². The van der Waals surface area contributed by atoms with Gasteiger partial charge in [-0.05, 0) is 17.9 Å². The molecule has 1 aromatic carbocycles. The molecule has 1 unspecified atom stereocenters. The van der Waals surface area contributed by atoms with Gasteiger partial charge in [-0.1, -0.05) is 4.73 Å². The SMILES string of the molecule is NC1[C@H]2CN(c3c(F)cc4c(=O)n(O)c(=O)n5c4c3SCC5)C[C@@H]12. The van der Waals surface area contributed by atoms with Crippen LogP contribution in [0.1, 0.15) is 0 Å². The lowest BCUT2D eigenvalue weighted by molar-refractivity contribution is 0.157. The molecule has 1 saturated carbocycles. The summed E-state index contributed by atoms with van der Waals surface area (Å²) in [4.78, 5) is 26.9. The second-order valence-corrected chi connectivity index (χ2v) is 7.75. The standard InChI is InChI=1S/C15H15FN4O3S/c16-9-3-6-11-13(12(9)18-4-7-8(5-18)10(7)17)24-2-1-19(11)15(22)20(23)14(6)21/h3,7-8,10,23H,1-2,4-5,17H2/t7-,8+,10?. The van der Waals surface area contributed by atoms with E-state index in [-0.39, 0.29) is 16.2 Å². The second-order valence-electron chi connectivity index (χ2n) is 6.64. The van der Waals surface area contributed by atoms with E-state index in [2.05, 4.69) is 0 Å². The van der Waals surface area contributed by atoms with Gasteiger partial charge in [-0.2, -0.15) is 0 Å². The van der Waals surface area contributed by atoms with Crippen LogP contribution in [0, 0.1) is 17.7 Å². The Morgan fingerprint density at radius 3 is 2.71 bits per heavy atom. The summed E-state index contributed by atoms with van der Waals surface area (Å²) in [5.41, 5.74) is 5.18. The van der Waals surface area contributed by atoms with Gasteiger partial charge in [0.05, 0.1) is 21.5 Å². The predicted octanol–water partition coefficient (Wildman–Crippen LogP) is 0.0386. The van der Waals surface area contributed by atoms with Crippen molar-refractivity contribution < 1.29 is 9.60 Å². The number of nitrogens with zero attached hydrogens (tertiary/aromatic N) is 3. The molecule has 9 heteroatoms. The summed E-state index contributed by atoms with van der Waals surface area (Å²) in [6.07, 6.45) is 0. The zero-order valence-electron chi connectivity index (χ0n) is 12.6. The van der Waals surface area contributed by atoms with Gasteiger partial charge >= 0.3 is 5.69 Å². The Morgan fingerprint density at radius 1 is 1.29 bits per heavy atom. The molecule has 0 bridgehead atoms. The van der Waals surface area contributed by atoms with Crippen molar-refractivity contribution in [2.75, 3.05) is 23.7 Å². The number of benzene rings is 1. The number of anilines is 1. The number of thioether (sulfide) groups is 1. The van der Waals surface area contributed by atoms with Crippen LogP contribution in [0.15, 0.2) is 20.6 Å². The van der Waals surface area contributed by atoms with E-state index in [1.807, 2.05) is 4.90 Å². The maximum absolute atomic E-state index is 14.8. The number of fused-ring (bicyclic) bond motifs is 1. The minimum absolute atomic E-state index is 0.0293. The number of halogens is 1. The van der Waals surface area contributed by atoms with E-state index in [0.717, 1.165) is 6.07 Å². The lowest BCUT2D eigenvalue weighted by Gasteiger charge is -2.28. The van der Waals surface area contributed by atoms with E-state index in [4.69, 9.17) is 5.73 Å². The highest BCUT2D eigenvalue weighted by Crippen LogP contribution is 2.49. The smallest absolute Gasteiger partial charge is 0.365 e. The maximum Gasteiger partial charge on any atom is 0.365 e. The number of hydrogen-bond acceptors (Lipinski definition) is 6. The van der Waals surface area contributed by atoms with Crippen LogP contribution >= 0.6 is 11.8 Å². The molecule has 2 aliphatic heterocycles. The van der Waals surface area contributed by atoms with E-state index in [0.29, 0.717) is 53.3 Å². The Hall–Kier alpha value is -2.00. The Bertz CT molecular complexity index is 1000. The van der Waals surface area contributed by atoms with Crippen molar-refractivity contribution in [1.82, 2.24) is 9.30 Å². The molecule has 0 spiro atoms. The molecule has 1 aliphatic carbocycles. The molecule has 1 aromatic heterocycles. The number of piperidine rings is 1. The lowest BCUT2D eigenvalue weighted by atomic mass is 10.1. The van der Waals surface area contributed by atoms with Gasteiger partial charge in [0.1, 0.15) is 5.82 Å². The van der Waals surface area contributed by atoms with Gasteiger partial charge in [0.2, 0.25) is 0 Å². The minimum Gasteiger partial charge on any atom is -0.421 e. The van der Waals surface area contributed by atoms with Crippen molar-refractivity contribution in [2.24, 2.45) is 17.6 Å². The summed E-state index contributed by atoms with van der Waals surface area (Å²) >= 11 is 1.45. The second kappa shape index (κ2) is 4.54. The number of rotatable bonds is 1. The largest absolute Gasteiger partial charge is 0.421 e. The molecule has 1 saturated heterocycles. The molecule has 3 atom stereocenters. The molecule has 24 heavy (non-hydrogen) atoms. The average Bonchev–Trinajstić information content (AvgIpc) is 2.97. The molecule has 3 N–H and O–H groups in total. The van der Waals surface area contributed by atoms with E-state index < -0.39 is 17.1 Å². The first-order valence-electron chi connectivity index (χ1n) is 7.83. The molecule has 5 rings (SSSR count). The molecule has 2 aromatic rings. The summed E-state index contributed by atoms with van der Waals surface area (Å²) in [5, 5.41) is 9.72. The minimum atomic E-state index is -0.883. The topological polar surface area (TPSA) is 93.5 Å². The van der Waals surface area contributed by atoms with Crippen LogP contribution in [-0.4, -0.2) is 39.4 Å². The van der Waals surface area contributed by atoms with Gasteiger partial charge in [-0.3, -0.25) is 9.36 Å². The fraction of sp³-hybridized carbons (Fsp3) is 0.467. The zero-order valence-corrected chi connectivity index (χ0v) is 13.4. The Balaban J connectivity index is 1.80. The number of nitrogens with two attached hydrogens (primary N) is 1. The summed E-state index contributed by atoms with van der Waals surface area (Å²) in [5.74, 6) is 0.878. The summed E-state index contributed by atoms with van der Waals surface area (Å²) in [6.45, 7) is 1.77. The fourth-order valence-electron chi connectivity index (χ4n) is 4.08. The van der Waals surface area contributed by atoms with Gasteiger partial charge in [0.25, 0.3) is 5.56 Å². The molecule has 0 radical (unpaired) electrons. The van der Waals surface area contributed by atoms with E-state index >= 15 is 0 Å². The number of aryl methyl sites for hydroxylation is 1. The monoisotopic (exact) mass is 350 g/mol. The predicted molar refractivity (Wildman–Crippen MR) is 87.5 cm³/mol. The Labute approximate surface area is 139 Å². The normalized spacial score (nSPS) is 27.6. The zero-order chi connectivity index (χ0) is 16.7. The van der Waals surface area contributed by atoms with Crippen molar-refractivity contribution in [3.63, 3.8) is 0 Å². The van der Waals surface area contributed by atoms with Gasteiger partial charge < -0.3 is 15.8 Å². The molecule has 7 nitrogen and oxygen atoms in total. The third-order valence-electron chi connectivity index (χ3n) is 5.43. The summed E-state index contributed by atoms with van der Waals surface area (Å²) in [7, 11) is 0. The maximum atomic E-state index is 14.8. The fourth-order valence-corrected chi connectivity index (χ4v) is 5.28. The highest BCUT2D eigenvalue weighted by atomic mass is 32.2.